The Morgan fingerprint density at radius 2 is 2.18 bits per heavy atom. The highest BCUT2D eigenvalue weighted by Crippen LogP contribution is 2.27. The molecule has 2 rings (SSSR count). The highest BCUT2D eigenvalue weighted by Gasteiger charge is 2.05. The van der Waals surface area contributed by atoms with Crippen LogP contribution in [0.25, 0.3) is 0 Å². The molecule has 114 valence electrons. The van der Waals surface area contributed by atoms with Crippen molar-refractivity contribution in [1.29, 1.82) is 0 Å². The van der Waals surface area contributed by atoms with Gasteiger partial charge in [-0.25, -0.2) is 9.82 Å². The molecule has 0 aliphatic rings. The minimum absolute atomic E-state index is 0.208. The number of hydrogen-bond donors (Lipinski definition) is 1. The number of amides is 1. The van der Waals surface area contributed by atoms with Gasteiger partial charge in [-0.3, -0.25) is 4.79 Å². The maximum absolute atomic E-state index is 12.9. The topological polar surface area (TPSA) is 50.7 Å². The molecule has 0 saturated heterocycles. The number of ether oxygens (including phenoxy) is 1. The van der Waals surface area contributed by atoms with Gasteiger partial charge >= 0.3 is 0 Å². The number of nitrogens with zero attached hydrogens (tertiary/aromatic N) is 1. The number of nitrogens with one attached hydrogen (secondary N) is 1. The lowest BCUT2D eigenvalue weighted by atomic mass is 10.2. The van der Waals surface area contributed by atoms with Gasteiger partial charge in [0.1, 0.15) is 11.6 Å². The molecule has 0 spiro atoms. The van der Waals surface area contributed by atoms with Crippen LogP contribution in [0, 0.1) is 5.82 Å². The number of benzene rings is 2. The van der Waals surface area contributed by atoms with Crippen molar-refractivity contribution in [1.82, 2.24) is 5.43 Å². The standard InChI is InChI=1S/C15H11BrClFN2O2/c16-13-7-11(17)4-5-14(13)22-9-15(21)20-19-8-10-2-1-3-12(18)6-10/h1-8H,9H2,(H,20,21). The van der Waals surface area contributed by atoms with E-state index in [1.807, 2.05) is 0 Å². The zero-order chi connectivity index (χ0) is 15.9. The summed E-state index contributed by atoms with van der Waals surface area (Å²) in [5.74, 6) is -0.311. The quantitative estimate of drug-likeness (QED) is 0.629. The first kappa shape index (κ1) is 16.5. The van der Waals surface area contributed by atoms with Crippen LogP contribution in [0.3, 0.4) is 0 Å². The fraction of sp³-hybridized carbons (Fsp3) is 0.0667. The van der Waals surface area contributed by atoms with Crippen LogP contribution in [0.5, 0.6) is 5.75 Å². The fourth-order valence-corrected chi connectivity index (χ4v) is 2.33. The normalized spacial score (nSPS) is 10.7. The molecule has 0 bridgehead atoms. The third-order valence-electron chi connectivity index (χ3n) is 2.50. The van der Waals surface area contributed by atoms with Crippen molar-refractivity contribution >= 4 is 39.7 Å². The van der Waals surface area contributed by atoms with Crippen molar-refractivity contribution < 1.29 is 13.9 Å². The summed E-state index contributed by atoms with van der Waals surface area (Å²) in [6.45, 7) is -0.208. The van der Waals surface area contributed by atoms with Crippen LogP contribution in [-0.4, -0.2) is 18.7 Å². The van der Waals surface area contributed by atoms with E-state index < -0.39 is 5.91 Å². The molecule has 0 saturated carbocycles. The second kappa shape index (κ2) is 7.91. The predicted octanol–water partition coefficient (Wildman–Crippen LogP) is 3.77. The lowest BCUT2D eigenvalue weighted by Gasteiger charge is -2.07. The number of halogens is 3. The average molecular weight is 386 g/mol. The molecule has 0 atom stereocenters. The van der Waals surface area contributed by atoms with Crippen LogP contribution in [-0.2, 0) is 4.79 Å². The highest BCUT2D eigenvalue weighted by atomic mass is 79.9. The van der Waals surface area contributed by atoms with Crippen molar-refractivity contribution in [2.45, 2.75) is 0 Å². The van der Waals surface area contributed by atoms with Crippen LogP contribution in [0.4, 0.5) is 4.39 Å². The van der Waals surface area contributed by atoms with Crippen molar-refractivity contribution in [2.75, 3.05) is 6.61 Å². The Morgan fingerprint density at radius 3 is 2.91 bits per heavy atom. The molecule has 22 heavy (non-hydrogen) atoms. The van der Waals surface area contributed by atoms with Gasteiger partial charge in [-0.05, 0) is 51.8 Å². The van der Waals surface area contributed by atoms with Gasteiger partial charge in [-0.2, -0.15) is 5.10 Å². The van der Waals surface area contributed by atoms with Crippen LogP contribution in [0.2, 0.25) is 5.02 Å². The van der Waals surface area contributed by atoms with E-state index in [1.54, 1.807) is 30.3 Å². The van der Waals surface area contributed by atoms with Gasteiger partial charge in [-0.15, -0.1) is 0 Å². The van der Waals surface area contributed by atoms with Crippen LogP contribution in [0.15, 0.2) is 52.0 Å². The van der Waals surface area contributed by atoms with E-state index in [-0.39, 0.29) is 12.4 Å². The Bertz CT molecular complexity index is 710. The summed E-state index contributed by atoms with van der Waals surface area (Å²) in [5.41, 5.74) is 2.84. The number of rotatable bonds is 5. The van der Waals surface area contributed by atoms with Gasteiger partial charge in [0.15, 0.2) is 6.61 Å². The van der Waals surface area contributed by atoms with Gasteiger partial charge in [0.05, 0.1) is 10.7 Å². The molecular formula is C15H11BrClFN2O2. The highest BCUT2D eigenvalue weighted by molar-refractivity contribution is 9.10. The molecule has 4 nitrogen and oxygen atoms in total. The second-order valence-electron chi connectivity index (χ2n) is 4.21. The predicted molar refractivity (Wildman–Crippen MR) is 86.8 cm³/mol. The summed E-state index contributed by atoms with van der Waals surface area (Å²) in [6, 6.07) is 10.8. The average Bonchev–Trinajstić information content (AvgIpc) is 2.46. The molecule has 0 aromatic heterocycles. The second-order valence-corrected chi connectivity index (χ2v) is 5.50. The minimum Gasteiger partial charge on any atom is -0.483 e. The fourth-order valence-electron chi connectivity index (χ4n) is 1.53. The maximum atomic E-state index is 12.9. The monoisotopic (exact) mass is 384 g/mol. The summed E-state index contributed by atoms with van der Waals surface area (Å²) in [7, 11) is 0. The van der Waals surface area contributed by atoms with Crippen molar-refractivity contribution in [2.24, 2.45) is 5.10 Å². The van der Waals surface area contributed by atoms with Gasteiger partial charge in [-0.1, -0.05) is 23.7 Å². The largest absolute Gasteiger partial charge is 0.483 e. The summed E-state index contributed by atoms with van der Waals surface area (Å²) in [4.78, 5) is 11.6. The Kier molecular flexibility index (Phi) is 5.91. The van der Waals surface area contributed by atoms with E-state index in [9.17, 15) is 9.18 Å². The van der Waals surface area contributed by atoms with E-state index >= 15 is 0 Å². The Hall–Kier alpha value is -1.92. The molecule has 2 aromatic carbocycles. The van der Waals surface area contributed by atoms with E-state index in [4.69, 9.17) is 16.3 Å². The molecule has 1 N–H and O–H groups in total. The van der Waals surface area contributed by atoms with Crippen LogP contribution in [0.1, 0.15) is 5.56 Å². The third kappa shape index (κ3) is 5.13. The number of carbonyl (C=O) groups is 1. The lowest BCUT2D eigenvalue weighted by Crippen LogP contribution is -2.24. The lowest BCUT2D eigenvalue weighted by molar-refractivity contribution is -0.123. The van der Waals surface area contributed by atoms with E-state index in [2.05, 4.69) is 26.5 Å². The van der Waals surface area contributed by atoms with Gasteiger partial charge < -0.3 is 4.74 Å². The SMILES string of the molecule is O=C(COc1ccc(Cl)cc1Br)NN=Cc1cccc(F)c1. The number of hydrogen-bond acceptors (Lipinski definition) is 3. The van der Waals surface area contributed by atoms with E-state index in [0.29, 0.717) is 20.8 Å². The van der Waals surface area contributed by atoms with Crippen LogP contribution >= 0.6 is 27.5 Å². The zero-order valence-corrected chi connectivity index (χ0v) is 13.6. The Morgan fingerprint density at radius 1 is 1.36 bits per heavy atom. The van der Waals surface area contributed by atoms with Crippen molar-refractivity contribution in [3.8, 4) is 5.75 Å². The van der Waals surface area contributed by atoms with Gasteiger partial charge in [0.2, 0.25) is 0 Å². The van der Waals surface area contributed by atoms with E-state index in [1.165, 1.54) is 18.3 Å². The first-order chi connectivity index (χ1) is 10.5. The summed E-state index contributed by atoms with van der Waals surface area (Å²) in [6.07, 6.45) is 1.35. The van der Waals surface area contributed by atoms with Gasteiger partial charge in [0.25, 0.3) is 5.91 Å². The molecule has 2 aromatic rings. The molecule has 0 aliphatic heterocycles. The van der Waals surface area contributed by atoms with Gasteiger partial charge in [0, 0.05) is 5.02 Å². The smallest absolute Gasteiger partial charge is 0.277 e. The van der Waals surface area contributed by atoms with Crippen LogP contribution < -0.4 is 10.2 Å². The summed E-state index contributed by atoms with van der Waals surface area (Å²) in [5, 5.41) is 4.29. The Labute approximate surface area is 140 Å². The summed E-state index contributed by atoms with van der Waals surface area (Å²) >= 11 is 9.09. The Balaban J connectivity index is 1.83. The molecule has 7 heteroatoms. The van der Waals surface area contributed by atoms with Crippen molar-refractivity contribution in [3.05, 3.63) is 63.3 Å². The first-order valence-electron chi connectivity index (χ1n) is 6.20. The molecule has 0 aliphatic carbocycles. The third-order valence-corrected chi connectivity index (χ3v) is 3.36. The molecule has 0 radical (unpaired) electrons. The van der Waals surface area contributed by atoms with Crippen molar-refractivity contribution in [3.63, 3.8) is 0 Å². The minimum atomic E-state index is -0.436. The van der Waals surface area contributed by atoms with E-state index in [0.717, 1.165) is 0 Å². The zero-order valence-electron chi connectivity index (χ0n) is 11.2. The first-order valence-corrected chi connectivity index (χ1v) is 7.37. The number of hydrazone groups is 1. The molecule has 0 heterocycles. The molecule has 1 amide bonds. The molecular weight excluding hydrogens is 375 g/mol. The molecule has 0 unspecified atom stereocenters. The molecule has 0 fully saturated rings. The summed E-state index contributed by atoms with van der Waals surface area (Å²) < 4.78 is 18.9. The number of carbonyl (C=O) groups excluding carboxylic acids is 1. The maximum Gasteiger partial charge on any atom is 0.277 e.